The van der Waals surface area contributed by atoms with Crippen LogP contribution in [0.15, 0.2) is 11.6 Å². The maximum Gasteiger partial charge on any atom is 0.0594 e. The molecule has 1 heteroatoms. The fraction of sp³-hybridized carbons (Fsp3) is 0.933. The van der Waals surface area contributed by atoms with Crippen molar-refractivity contribution in [3.63, 3.8) is 0 Å². The molecule has 0 bridgehead atoms. The Labute approximate surface area is 192 Å². The number of aliphatic hydroxyl groups is 1. The van der Waals surface area contributed by atoms with E-state index in [9.17, 15) is 5.11 Å². The van der Waals surface area contributed by atoms with Crippen molar-refractivity contribution in [2.24, 2.45) is 63.1 Å². The third kappa shape index (κ3) is 2.71. The molecule has 0 aliphatic heterocycles. The molecule has 0 amide bonds. The highest BCUT2D eigenvalue weighted by Gasteiger charge is 2.67. The van der Waals surface area contributed by atoms with E-state index in [2.05, 4.69) is 61.5 Å². The molecule has 0 unspecified atom stereocenters. The SMILES string of the molecule is C[C@H]1[C@H]2C3=CC[C@@H]4[C@]5(C)CC[C@H](O)C(C)(C)[C@@H]5CC[C@]4(C)[C@]3(C)CC[C@H]2[C@@H](C)C[C@H]1C. The summed E-state index contributed by atoms with van der Waals surface area (Å²) in [5.74, 6) is 5.75. The van der Waals surface area contributed by atoms with Gasteiger partial charge in [0.15, 0.2) is 0 Å². The Balaban J connectivity index is 1.57. The molecule has 4 saturated carbocycles. The number of allylic oxidation sites excluding steroid dienone is 2. The van der Waals surface area contributed by atoms with Crippen molar-refractivity contribution in [3.8, 4) is 0 Å². The lowest BCUT2D eigenvalue weighted by atomic mass is 9.34. The van der Waals surface area contributed by atoms with E-state index in [4.69, 9.17) is 0 Å². The van der Waals surface area contributed by atoms with Crippen LogP contribution in [0.4, 0.5) is 0 Å². The van der Waals surface area contributed by atoms with E-state index in [-0.39, 0.29) is 11.5 Å². The molecule has 0 aromatic heterocycles. The van der Waals surface area contributed by atoms with E-state index >= 15 is 0 Å². The van der Waals surface area contributed by atoms with E-state index < -0.39 is 0 Å². The first-order valence-electron chi connectivity index (χ1n) is 13.8. The molecule has 4 fully saturated rings. The zero-order chi connectivity index (χ0) is 22.6. The lowest BCUT2D eigenvalue weighted by Crippen LogP contribution is -2.64. The molecule has 31 heavy (non-hydrogen) atoms. The van der Waals surface area contributed by atoms with Crippen LogP contribution < -0.4 is 0 Å². The van der Waals surface area contributed by atoms with Gasteiger partial charge in [0.05, 0.1) is 6.10 Å². The van der Waals surface area contributed by atoms with Gasteiger partial charge >= 0.3 is 0 Å². The minimum absolute atomic E-state index is 0.0552. The normalized spacial score (nSPS) is 58.3. The average molecular weight is 427 g/mol. The molecule has 1 nitrogen and oxygen atoms in total. The van der Waals surface area contributed by atoms with E-state index in [1.165, 1.54) is 44.9 Å². The minimum atomic E-state index is -0.123. The number of rotatable bonds is 0. The van der Waals surface area contributed by atoms with Crippen LogP contribution >= 0.6 is 0 Å². The lowest BCUT2D eigenvalue weighted by molar-refractivity contribution is -0.201. The van der Waals surface area contributed by atoms with Crippen LogP contribution in [-0.2, 0) is 0 Å². The third-order valence-corrected chi connectivity index (χ3v) is 13.2. The van der Waals surface area contributed by atoms with Crippen molar-refractivity contribution in [3.05, 3.63) is 11.6 Å². The molecule has 0 aromatic carbocycles. The van der Waals surface area contributed by atoms with Crippen molar-refractivity contribution >= 4 is 0 Å². The molecule has 5 aliphatic rings. The summed E-state index contributed by atoms with van der Waals surface area (Å²) < 4.78 is 0. The Morgan fingerprint density at radius 3 is 2.26 bits per heavy atom. The molecule has 11 atom stereocenters. The molecule has 0 saturated heterocycles. The van der Waals surface area contributed by atoms with Crippen LogP contribution in [0.3, 0.4) is 0 Å². The zero-order valence-electron chi connectivity index (χ0n) is 21.8. The van der Waals surface area contributed by atoms with Crippen molar-refractivity contribution in [2.45, 2.75) is 113 Å². The third-order valence-electron chi connectivity index (χ3n) is 13.2. The fourth-order valence-electron chi connectivity index (χ4n) is 11.0. The first-order chi connectivity index (χ1) is 14.4. The number of hydrogen-bond acceptors (Lipinski definition) is 1. The first kappa shape index (κ1) is 22.5. The van der Waals surface area contributed by atoms with Crippen LogP contribution in [-0.4, -0.2) is 11.2 Å². The smallest absolute Gasteiger partial charge is 0.0594 e. The lowest BCUT2D eigenvalue weighted by Gasteiger charge is -2.71. The largest absolute Gasteiger partial charge is 0.393 e. The Morgan fingerprint density at radius 2 is 1.55 bits per heavy atom. The van der Waals surface area contributed by atoms with Crippen molar-refractivity contribution in [2.75, 3.05) is 0 Å². The fourth-order valence-corrected chi connectivity index (χ4v) is 11.0. The van der Waals surface area contributed by atoms with Gasteiger partial charge in [-0.2, -0.15) is 0 Å². The van der Waals surface area contributed by atoms with E-state index in [1.54, 1.807) is 0 Å². The van der Waals surface area contributed by atoms with Gasteiger partial charge in [0, 0.05) is 0 Å². The van der Waals surface area contributed by atoms with Gasteiger partial charge < -0.3 is 5.11 Å². The van der Waals surface area contributed by atoms with Crippen molar-refractivity contribution < 1.29 is 5.11 Å². The molecule has 176 valence electrons. The summed E-state index contributed by atoms with van der Waals surface area (Å²) in [4.78, 5) is 0. The van der Waals surface area contributed by atoms with Crippen molar-refractivity contribution in [1.82, 2.24) is 0 Å². The Morgan fingerprint density at radius 1 is 0.839 bits per heavy atom. The van der Waals surface area contributed by atoms with Gasteiger partial charge in [0.25, 0.3) is 0 Å². The highest BCUT2D eigenvalue weighted by Crippen LogP contribution is 2.74. The maximum absolute atomic E-state index is 10.9. The second-order valence-corrected chi connectivity index (χ2v) is 14.4. The van der Waals surface area contributed by atoms with Crippen LogP contribution in [0.1, 0.15) is 107 Å². The Bertz CT molecular complexity index is 764. The van der Waals surface area contributed by atoms with Gasteiger partial charge in [-0.1, -0.05) is 67.0 Å². The molecule has 5 aliphatic carbocycles. The second-order valence-electron chi connectivity index (χ2n) is 14.4. The van der Waals surface area contributed by atoms with E-state index in [0.717, 1.165) is 41.9 Å². The standard InChI is InChI=1S/C30H50O/c1-18-17-19(2)21-11-15-29(7)22(26(21)20(18)3)9-10-24-28(6)14-13-25(31)27(4,5)23(28)12-16-30(24,29)8/h9,18-21,23-26,31H,10-17H2,1-8H3/t18-,19+,20-,21+,23+,24-,25+,26-,28-,29-,30+/m1/s1. The Kier molecular flexibility index (Phi) is 4.98. The van der Waals surface area contributed by atoms with E-state index in [0.29, 0.717) is 22.2 Å². The van der Waals surface area contributed by atoms with Gasteiger partial charge in [0.2, 0.25) is 0 Å². The monoisotopic (exact) mass is 426 g/mol. The maximum atomic E-state index is 10.9. The molecule has 0 aromatic rings. The highest BCUT2D eigenvalue weighted by molar-refractivity contribution is 5.32. The molecule has 1 N–H and O–H groups in total. The molecule has 0 radical (unpaired) electrons. The van der Waals surface area contributed by atoms with Gasteiger partial charge in [-0.05, 0) is 114 Å². The van der Waals surface area contributed by atoms with Gasteiger partial charge in [-0.15, -0.1) is 0 Å². The summed E-state index contributed by atoms with van der Waals surface area (Å²) in [6, 6.07) is 0. The molecule has 5 rings (SSSR count). The average Bonchev–Trinajstić information content (AvgIpc) is 2.69. The minimum Gasteiger partial charge on any atom is -0.393 e. The summed E-state index contributed by atoms with van der Waals surface area (Å²) >= 11 is 0. The molecular formula is C30H50O. The van der Waals surface area contributed by atoms with Crippen LogP contribution in [0.2, 0.25) is 0 Å². The quantitative estimate of drug-likeness (QED) is 0.390. The topological polar surface area (TPSA) is 20.2 Å². The summed E-state index contributed by atoms with van der Waals surface area (Å²) in [5, 5.41) is 10.9. The van der Waals surface area contributed by atoms with Gasteiger partial charge in [0.1, 0.15) is 0 Å². The molecule has 0 spiro atoms. The van der Waals surface area contributed by atoms with Crippen LogP contribution in [0, 0.1) is 63.1 Å². The van der Waals surface area contributed by atoms with Gasteiger partial charge in [-0.25, -0.2) is 0 Å². The summed E-state index contributed by atoms with van der Waals surface area (Å²) in [6.07, 6.45) is 13.1. The number of hydrogen-bond donors (Lipinski definition) is 1. The second kappa shape index (κ2) is 6.86. The summed E-state index contributed by atoms with van der Waals surface area (Å²) in [7, 11) is 0. The van der Waals surface area contributed by atoms with Crippen LogP contribution in [0.25, 0.3) is 0 Å². The summed E-state index contributed by atoms with van der Waals surface area (Å²) in [6.45, 7) is 20.4. The summed E-state index contributed by atoms with van der Waals surface area (Å²) in [5.41, 5.74) is 3.10. The number of fused-ring (bicyclic) bond motifs is 7. The van der Waals surface area contributed by atoms with E-state index in [1.807, 2.05) is 5.57 Å². The highest BCUT2D eigenvalue weighted by atomic mass is 16.3. The zero-order valence-corrected chi connectivity index (χ0v) is 21.8. The van der Waals surface area contributed by atoms with Crippen molar-refractivity contribution in [1.29, 1.82) is 0 Å². The predicted octanol–water partition coefficient (Wildman–Crippen LogP) is 7.88. The van der Waals surface area contributed by atoms with Crippen LogP contribution in [0.5, 0.6) is 0 Å². The molecular weight excluding hydrogens is 376 g/mol. The predicted molar refractivity (Wildman–Crippen MR) is 131 cm³/mol. The molecule has 0 heterocycles. The Hall–Kier alpha value is -0.300. The first-order valence-corrected chi connectivity index (χ1v) is 13.8. The number of aliphatic hydroxyl groups excluding tert-OH is 1. The van der Waals surface area contributed by atoms with Gasteiger partial charge in [-0.3, -0.25) is 0 Å².